The zero-order chi connectivity index (χ0) is 22.6. The van der Waals surface area contributed by atoms with E-state index in [2.05, 4.69) is 5.32 Å². The van der Waals surface area contributed by atoms with Crippen LogP contribution in [-0.2, 0) is 4.79 Å². The van der Waals surface area contributed by atoms with Crippen LogP contribution in [0, 0.1) is 0 Å². The number of fused-ring (bicyclic) bond motifs is 1. The lowest BCUT2D eigenvalue weighted by atomic mass is 10.0. The van der Waals surface area contributed by atoms with Crippen LogP contribution in [-0.4, -0.2) is 29.3 Å². The molecule has 0 aromatic heterocycles. The van der Waals surface area contributed by atoms with Crippen molar-refractivity contribution in [3.8, 4) is 0 Å². The number of carbonyl (C=O) groups excluding carboxylic acids is 2. The molecule has 1 heterocycles. The lowest BCUT2D eigenvalue weighted by molar-refractivity contribution is -0.119. The second-order valence-electron chi connectivity index (χ2n) is 8.08. The molecule has 1 N–H and O–H groups in total. The topological polar surface area (TPSA) is 49.4 Å². The van der Waals surface area contributed by atoms with Gasteiger partial charge in [-0.3, -0.25) is 9.59 Å². The second-order valence-corrected chi connectivity index (χ2v) is 9.20. The van der Waals surface area contributed by atoms with Gasteiger partial charge in [-0.15, -0.1) is 0 Å². The Morgan fingerprint density at radius 1 is 0.818 bits per heavy atom. The Hall–Kier alpha value is -3.57. The van der Waals surface area contributed by atoms with E-state index in [1.165, 1.54) is 0 Å². The quantitative estimate of drug-likeness (QED) is 0.390. The Morgan fingerprint density at radius 2 is 1.55 bits per heavy atom. The molecule has 0 saturated carbocycles. The number of hydrogen-bond donors (Lipinski definition) is 1. The third kappa shape index (κ3) is 4.50. The van der Waals surface area contributed by atoms with Gasteiger partial charge < -0.3 is 10.2 Å². The molecule has 4 nitrogen and oxygen atoms in total. The average Bonchev–Trinajstić information content (AvgIpc) is 3.35. The standard InChI is InChI=1S/C28H24N2O2S/c31-27(29-24-16-6-7-18-26(24)33-21-12-2-1-3-13-21)25-17-9-19-30(25)28(32)23-15-8-11-20-10-4-5-14-22(20)23/h1-8,10-16,18,25H,9,17,19H2,(H,29,31). The highest BCUT2D eigenvalue weighted by molar-refractivity contribution is 7.99. The van der Waals surface area contributed by atoms with Gasteiger partial charge in [0.05, 0.1) is 5.69 Å². The van der Waals surface area contributed by atoms with Gasteiger partial charge >= 0.3 is 0 Å². The summed E-state index contributed by atoms with van der Waals surface area (Å²) >= 11 is 1.61. The maximum absolute atomic E-state index is 13.5. The van der Waals surface area contributed by atoms with Crippen molar-refractivity contribution in [3.05, 3.63) is 103 Å². The summed E-state index contributed by atoms with van der Waals surface area (Å²) in [6.45, 7) is 0.584. The van der Waals surface area contributed by atoms with Crippen molar-refractivity contribution in [1.82, 2.24) is 4.90 Å². The Kier molecular flexibility index (Phi) is 6.13. The van der Waals surface area contributed by atoms with Gasteiger partial charge in [-0.2, -0.15) is 0 Å². The van der Waals surface area contributed by atoms with E-state index >= 15 is 0 Å². The molecule has 1 unspecified atom stereocenters. The van der Waals surface area contributed by atoms with Crippen molar-refractivity contribution in [3.63, 3.8) is 0 Å². The molecule has 5 rings (SSSR count). The molecule has 1 saturated heterocycles. The summed E-state index contributed by atoms with van der Waals surface area (Å²) < 4.78 is 0. The number of rotatable bonds is 5. The van der Waals surface area contributed by atoms with Gasteiger partial charge in [0.1, 0.15) is 6.04 Å². The molecule has 1 atom stereocenters. The van der Waals surface area contributed by atoms with Crippen LogP contribution in [0.25, 0.3) is 10.8 Å². The fraction of sp³-hybridized carbons (Fsp3) is 0.143. The van der Waals surface area contributed by atoms with Gasteiger partial charge in [-0.25, -0.2) is 0 Å². The molecule has 5 heteroatoms. The normalized spacial score (nSPS) is 15.5. The Morgan fingerprint density at radius 3 is 2.42 bits per heavy atom. The fourth-order valence-electron chi connectivity index (χ4n) is 4.34. The largest absolute Gasteiger partial charge is 0.327 e. The number of nitrogens with one attached hydrogen (secondary N) is 1. The molecule has 33 heavy (non-hydrogen) atoms. The zero-order valence-electron chi connectivity index (χ0n) is 18.1. The minimum Gasteiger partial charge on any atom is -0.327 e. The first-order valence-electron chi connectivity index (χ1n) is 11.1. The number of carbonyl (C=O) groups is 2. The molecule has 2 amide bonds. The van der Waals surface area contributed by atoms with E-state index < -0.39 is 6.04 Å². The highest BCUT2D eigenvalue weighted by Gasteiger charge is 2.35. The summed E-state index contributed by atoms with van der Waals surface area (Å²) in [5, 5.41) is 5.03. The highest BCUT2D eigenvalue weighted by atomic mass is 32.2. The number of hydrogen-bond acceptors (Lipinski definition) is 3. The Bertz CT molecular complexity index is 1300. The summed E-state index contributed by atoms with van der Waals surface area (Å²) in [5.41, 5.74) is 1.41. The van der Waals surface area contributed by atoms with Gasteiger partial charge in [-0.1, -0.05) is 78.5 Å². The van der Waals surface area contributed by atoms with Gasteiger partial charge in [-0.05, 0) is 53.9 Å². The summed E-state index contributed by atoms with van der Waals surface area (Å²) in [6.07, 6.45) is 1.48. The third-order valence-electron chi connectivity index (χ3n) is 5.95. The molecule has 1 aliphatic rings. The smallest absolute Gasteiger partial charge is 0.255 e. The van der Waals surface area contributed by atoms with Crippen LogP contribution in [0.2, 0.25) is 0 Å². The summed E-state index contributed by atoms with van der Waals surface area (Å²) in [5.74, 6) is -0.224. The van der Waals surface area contributed by atoms with Crippen molar-refractivity contribution >= 4 is 40.0 Å². The number of anilines is 1. The van der Waals surface area contributed by atoms with E-state index in [4.69, 9.17) is 0 Å². The van der Waals surface area contributed by atoms with Crippen molar-refractivity contribution < 1.29 is 9.59 Å². The van der Waals surface area contributed by atoms with Crippen molar-refractivity contribution in [2.45, 2.75) is 28.7 Å². The molecule has 0 spiro atoms. The number of para-hydroxylation sites is 1. The van der Waals surface area contributed by atoms with E-state index in [0.717, 1.165) is 32.7 Å². The average molecular weight is 453 g/mol. The summed E-state index contributed by atoms with van der Waals surface area (Å²) in [6, 6.07) is 31.0. The second kappa shape index (κ2) is 9.51. The van der Waals surface area contributed by atoms with E-state index in [9.17, 15) is 9.59 Å². The van der Waals surface area contributed by atoms with Gasteiger partial charge in [0.15, 0.2) is 0 Å². The minimum atomic E-state index is -0.480. The third-order valence-corrected chi connectivity index (χ3v) is 7.04. The highest BCUT2D eigenvalue weighted by Crippen LogP contribution is 2.34. The molecule has 1 aliphatic heterocycles. The maximum atomic E-state index is 13.5. The molecule has 4 aromatic carbocycles. The molecule has 4 aromatic rings. The van der Waals surface area contributed by atoms with Crippen LogP contribution in [0.5, 0.6) is 0 Å². The van der Waals surface area contributed by atoms with Crippen LogP contribution in [0.15, 0.2) is 107 Å². The SMILES string of the molecule is O=C(Nc1ccccc1Sc1ccccc1)C1CCCN1C(=O)c1cccc2ccccc12. The van der Waals surface area contributed by atoms with Crippen LogP contribution < -0.4 is 5.32 Å². The number of likely N-dealkylation sites (tertiary alicyclic amines) is 1. The lowest BCUT2D eigenvalue weighted by Gasteiger charge is -2.25. The number of benzene rings is 4. The fourth-order valence-corrected chi connectivity index (χ4v) is 5.26. The van der Waals surface area contributed by atoms with Crippen molar-refractivity contribution in [2.24, 2.45) is 0 Å². The van der Waals surface area contributed by atoms with Gasteiger partial charge in [0.25, 0.3) is 5.91 Å². The van der Waals surface area contributed by atoms with Crippen LogP contribution in [0.3, 0.4) is 0 Å². The molecule has 0 aliphatic carbocycles. The van der Waals surface area contributed by atoms with Crippen LogP contribution >= 0.6 is 11.8 Å². The first-order chi connectivity index (χ1) is 16.2. The monoisotopic (exact) mass is 452 g/mol. The van der Waals surface area contributed by atoms with Crippen molar-refractivity contribution in [1.29, 1.82) is 0 Å². The lowest BCUT2D eigenvalue weighted by Crippen LogP contribution is -2.43. The number of nitrogens with zero attached hydrogens (tertiary/aromatic N) is 1. The van der Waals surface area contributed by atoms with Crippen LogP contribution in [0.1, 0.15) is 23.2 Å². The molecule has 0 bridgehead atoms. The maximum Gasteiger partial charge on any atom is 0.255 e. The Labute approximate surface area is 197 Å². The predicted octanol–water partition coefficient (Wildman–Crippen LogP) is 6.23. The summed E-state index contributed by atoms with van der Waals surface area (Å²) in [7, 11) is 0. The Balaban J connectivity index is 1.37. The van der Waals surface area contributed by atoms with Crippen LogP contribution in [0.4, 0.5) is 5.69 Å². The van der Waals surface area contributed by atoms with E-state index in [1.807, 2.05) is 97.1 Å². The van der Waals surface area contributed by atoms with Crippen molar-refractivity contribution in [2.75, 3.05) is 11.9 Å². The number of amides is 2. The first-order valence-corrected chi connectivity index (χ1v) is 11.9. The molecule has 164 valence electrons. The molecular formula is C28H24N2O2S. The predicted molar refractivity (Wildman–Crippen MR) is 134 cm³/mol. The van der Waals surface area contributed by atoms with E-state index in [0.29, 0.717) is 18.5 Å². The summed E-state index contributed by atoms with van der Waals surface area (Å²) in [4.78, 5) is 30.6. The molecule has 0 radical (unpaired) electrons. The first kappa shape index (κ1) is 21.3. The van der Waals surface area contributed by atoms with E-state index in [-0.39, 0.29) is 11.8 Å². The molecule has 1 fully saturated rings. The van der Waals surface area contributed by atoms with E-state index in [1.54, 1.807) is 16.7 Å². The zero-order valence-corrected chi connectivity index (χ0v) is 18.9. The van der Waals surface area contributed by atoms with Gasteiger partial charge in [0.2, 0.25) is 5.91 Å². The molecular weight excluding hydrogens is 428 g/mol. The van der Waals surface area contributed by atoms with Gasteiger partial charge in [0, 0.05) is 21.9 Å². The minimum absolute atomic E-state index is 0.0867.